The first-order valence-electron chi connectivity index (χ1n) is 5.78. The number of benzene rings is 1. The van der Waals surface area contributed by atoms with Crippen LogP contribution in [0.3, 0.4) is 0 Å². The van der Waals surface area contributed by atoms with E-state index in [0.717, 1.165) is 17.7 Å². The number of pyridine rings is 1. The van der Waals surface area contributed by atoms with Gasteiger partial charge >= 0.3 is 0 Å². The molecule has 18 heavy (non-hydrogen) atoms. The van der Waals surface area contributed by atoms with Gasteiger partial charge in [0.2, 0.25) is 0 Å². The highest BCUT2D eigenvalue weighted by Gasteiger charge is 2.04. The maximum atomic E-state index is 6.16. The molecule has 3 nitrogen and oxygen atoms in total. The Morgan fingerprint density at radius 3 is 2.72 bits per heavy atom. The lowest BCUT2D eigenvalue weighted by Crippen LogP contribution is -2.02. The largest absolute Gasteiger partial charge is 0.454 e. The second kappa shape index (κ2) is 5.85. The van der Waals surface area contributed by atoms with Gasteiger partial charge < -0.3 is 10.5 Å². The van der Waals surface area contributed by atoms with Crippen LogP contribution in [0.2, 0.25) is 5.02 Å². The molecule has 0 saturated heterocycles. The predicted molar refractivity (Wildman–Crippen MR) is 73.3 cm³/mol. The highest BCUT2D eigenvalue weighted by atomic mass is 35.5. The van der Waals surface area contributed by atoms with Crippen LogP contribution >= 0.6 is 11.6 Å². The molecule has 2 rings (SSSR count). The summed E-state index contributed by atoms with van der Waals surface area (Å²) in [5.74, 6) is 1.30. The Labute approximate surface area is 112 Å². The van der Waals surface area contributed by atoms with Gasteiger partial charge in [0.1, 0.15) is 11.5 Å². The van der Waals surface area contributed by atoms with Crippen molar-refractivity contribution in [3.05, 3.63) is 52.8 Å². The summed E-state index contributed by atoms with van der Waals surface area (Å²) < 4.78 is 5.67. The molecule has 0 radical (unpaired) electrons. The maximum Gasteiger partial charge on any atom is 0.146 e. The van der Waals surface area contributed by atoms with Crippen molar-refractivity contribution >= 4 is 11.6 Å². The van der Waals surface area contributed by atoms with E-state index in [1.807, 2.05) is 37.3 Å². The van der Waals surface area contributed by atoms with Crippen molar-refractivity contribution in [2.24, 2.45) is 5.73 Å². The highest BCUT2D eigenvalue weighted by molar-refractivity contribution is 6.32. The monoisotopic (exact) mass is 262 g/mol. The molecule has 0 aliphatic heterocycles. The first-order chi connectivity index (χ1) is 8.69. The third kappa shape index (κ3) is 3.22. The molecular formula is C14H15ClN2O. The zero-order valence-electron chi connectivity index (χ0n) is 10.2. The van der Waals surface area contributed by atoms with Gasteiger partial charge in [0.05, 0.1) is 11.2 Å². The van der Waals surface area contributed by atoms with Crippen molar-refractivity contribution in [1.29, 1.82) is 0 Å². The summed E-state index contributed by atoms with van der Waals surface area (Å²) in [5, 5.41) is 0.585. The van der Waals surface area contributed by atoms with Gasteiger partial charge in [0, 0.05) is 5.69 Å². The summed E-state index contributed by atoms with van der Waals surface area (Å²) >= 11 is 6.16. The SMILES string of the molecule is Cc1ccc(Oc2ccc(CCN)cc2Cl)cn1. The Morgan fingerprint density at radius 1 is 1.28 bits per heavy atom. The Hall–Kier alpha value is -1.58. The highest BCUT2D eigenvalue weighted by Crippen LogP contribution is 2.29. The minimum Gasteiger partial charge on any atom is -0.454 e. The van der Waals surface area contributed by atoms with Crippen molar-refractivity contribution in [1.82, 2.24) is 4.98 Å². The molecule has 1 heterocycles. The lowest BCUT2D eigenvalue weighted by molar-refractivity contribution is 0.480. The normalized spacial score (nSPS) is 10.4. The Kier molecular flexibility index (Phi) is 4.18. The minimum absolute atomic E-state index is 0.585. The standard InChI is InChI=1S/C14H15ClN2O/c1-10-2-4-12(9-17-10)18-14-5-3-11(6-7-16)8-13(14)15/h2-5,8-9H,6-7,16H2,1H3. The number of hydrogen-bond acceptors (Lipinski definition) is 3. The lowest BCUT2D eigenvalue weighted by atomic mass is 10.1. The molecule has 0 bridgehead atoms. The fourth-order valence-corrected chi connectivity index (χ4v) is 1.83. The van der Waals surface area contributed by atoms with Gasteiger partial charge in [-0.1, -0.05) is 17.7 Å². The van der Waals surface area contributed by atoms with Gasteiger partial charge in [-0.05, 0) is 49.7 Å². The fraction of sp³-hybridized carbons (Fsp3) is 0.214. The van der Waals surface area contributed by atoms with Gasteiger partial charge in [0.25, 0.3) is 0 Å². The van der Waals surface area contributed by atoms with Crippen molar-refractivity contribution in [2.45, 2.75) is 13.3 Å². The third-order valence-corrected chi connectivity index (χ3v) is 2.84. The molecular weight excluding hydrogens is 248 g/mol. The molecule has 2 N–H and O–H groups in total. The molecule has 0 saturated carbocycles. The molecule has 2 aromatic rings. The third-order valence-electron chi connectivity index (χ3n) is 2.54. The second-order valence-corrected chi connectivity index (χ2v) is 4.45. The number of nitrogens with zero attached hydrogens (tertiary/aromatic N) is 1. The number of halogens is 1. The molecule has 1 aromatic carbocycles. The van der Waals surface area contributed by atoms with E-state index < -0.39 is 0 Å². The average molecular weight is 263 g/mol. The van der Waals surface area contributed by atoms with Crippen LogP contribution in [0.15, 0.2) is 36.5 Å². The number of ether oxygens (including phenoxy) is 1. The van der Waals surface area contributed by atoms with Crippen LogP contribution in [0.1, 0.15) is 11.3 Å². The molecule has 0 unspecified atom stereocenters. The van der Waals surface area contributed by atoms with E-state index in [0.29, 0.717) is 23.1 Å². The number of aromatic nitrogens is 1. The molecule has 0 aliphatic carbocycles. The van der Waals surface area contributed by atoms with Gasteiger partial charge in [-0.15, -0.1) is 0 Å². The smallest absolute Gasteiger partial charge is 0.146 e. The summed E-state index contributed by atoms with van der Waals surface area (Å²) in [6, 6.07) is 9.47. The quantitative estimate of drug-likeness (QED) is 0.919. The van der Waals surface area contributed by atoms with E-state index in [-0.39, 0.29) is 0 Å². The number of nitrogens with two attached hydrogens (primary N) is 1. The van der Waals surface area contributed by atoms with Crippen LogP contribution in [0.25, 0.3) is 0 Å². The van der Waals surface area contributed by atoms with Crippen molar-refractivity contribution in [2.75, 3.05) is 6.54 Å². The van der Waals surface area contributed by atoms with Gasteiger partial charge in [-0.2, -0.15) is 0 Å². The van der Waals surface area contributed by atoms with E-state index in [2.05, 4.69) is 4.98 Å². The summed E-state index contributed by atoms with van der Waals surface area (Å²) in [7, 11) is 0. The van der Waals surface area contributed by atoms with E-state index in [1.54, 1.807) is 6.20 Å². The van der Waals surface area contributed by atoms with E-state index in [4.69, 9.17) is 22.1 Å². The molecule has 0 spiro atoms. The molecule has 94 valence electrons. The molecule has 4 heteroatoms. The van der Waals surface area contributed by atoms with Gasteiger partial charge in [0.15, 0.2) is 0 Å². The first-order valence-corrected chi connectivity index (χ1v) is 6.16. The lowest BCUT2D eigenvalue weighted by Gasteiger charge is -2.08. The zero-order chi connectivity index (χ0) is 13.0. The maximum absolute atomic E-state index is 6.16. The zero-order valence-corrected chi connectivity index (χ0v) is 10.9. The summed E-state index contributed by atoms with van der Waals surface area (Å²) in [6.07, 6.45) is 2.49. The predicted octanol–water partition coefficient (Wildman–Crippen LogP) is 3.34. The van der Waals surface area contributed by atoms with Crippen molar-refractivity contribution < 1.29 is 4.74 Å². The minimum atomic E-state index is 0.585. The van der Waals surface area contributed by atoms with Crippen LogP contribution in [0, 0.1) is 6.92 Å². The Bertz CT molecular complexity index is 526. The average Bonchev–Trinajstić information content (AvgIpc) is 2.36. The summed E-state index contributed by atoms with van der Waals surface area (Å²) in [4.78, 5) is 4.17. The Balaban J connectivity index is 2.16. The van der Waals surface area contributed by atoms with Crippen LogP contribution in [-0.2, 0) is 6.42 Å². The van der Waals surface area contributed by atoms with Crippen LogP contribution in [-0.4, -0.2) is 11.5 Å². The topological polar surface area (TPSA) is 48.1 Å². The first kappa shape index (κ1) is 12.9. The van der Waals surface area contributed by atoms with E-state index >= 15 is 0 Å². The molecule has 0 aliphatic rings. The summed E-state index contributed by atoms with van der Waals surface area (Å²) in [6.45, 7) is 2.54. The summed E-state index contributed by atoms with van der Waals surface area (Å²) in [5.41, 5.74) is 7.56. The van der Waals surface area contributed by atoms with Crippen molar-refractivity contribution in [3.63, 3.8) is 0 Å². The van der Waals surface area contributed by atoms with Gasteiger partial charge in [-0.25, -0.2) is 0 Å². The fourth-order valence-electron chi connectivity index (χ4n) is 1.59. The molecule has 0 fully saturated rings. The molecule has 0 atom stereocenters. The van der Waals surface area contributed by atoms with Gasteiger partial charge in [-0.3, -0.25) is 4.98 Å². The number of hydrogen-bond donors (Lipinski definition) is 1. The number of aryl methyl sites for hydroxylation is 1. The van der Waals surface area contributed by atoms with Crippen LogP contribution < -0.4 is 10.5 Å². The second-order valence-electron chi connectivity index (χ2n) is 4.04. The van der Waals surface area contributed by atoms with Crippen LogP contribution in [0.4, 0.5) is 0 Å². The molecule has 1 aromatic heterocycles. The molecule has 0 amide bonds. The van der Waals surface area contributed by atoms with E-state index in [9.17, 15) is 0 Å². The number of rotatable bonds is 4. The van der Waals surface area contributed by atoms with Crippen LogP contribution in [0.5, 0.6) is 11.5 Å². The Morgan fingerprint density at radius 2 is 2.11 bits per heavy atom. The van der Waals surface area contributed by atoms with E-state index in [1.165, 1.54) is 0 Å². The van der Waals surface area contributed by atoms with Crippen molar-refractivity contribution in [3.8, 4) is 11.5 Å².